The molecule has 0 spiro atoms. The Morgan fingerprint density at radius 1 is 1.37 bits per heavy atom. The summed E-state index contributed by atoms with van der Waals surface area (Å²) in [6.45, 7) is 9.67. The van der Waals surface area contributed by atoms with Crippen molar-refractivity contribution >= 4 is 11.8 Å². The first-order chi connectivity index (χ1) is 9.38. The summed E-state index contributed by atoms with van der Waals surface area (Å²) in [7, 11) is 0. The van der Waals surface area contributed by atoms with Gasteiger partial charge in [0.15, 0.2) is 5.82 Å². The molecule has 1 aliphatic heterocycles. The summed E-state index contributed by atoms with van der Waals surface area (Å²) < 4.78 is 5.30. The fourth-order valence-electron chi connectivity index (χ4n) is 1.79. The molecular formula is C12H20N6O. The van der Waals surface area contributed by atoms with Crippen LogP contribution in [0, 0.1) is 0 Å². The van der Waals surface area contributed by atoms with E-state index in [1.807, 2.05) is 0 Å². The third kappa shape index (κ3) is 4.80. The van der Waals surface area contributed by atoms with E-state index in [1.54, 1.807) is 12.3 Å². The number of ether oxygens (including phenoxy) is 1. The van der Waals surface area contributed by atoms with Gasteiger partial charge in [0.2, 0.25) is 5.95 Å². The number of aromatic nitrogens is 3. The van der Waals surface area contributed by atoms with Crippen molar-refractivity contribution in [3.63, 3.8) is 0 Å². The summed E-state index contributed by atoms with van der Waals surface area (Å²) in [4.78, 5) is 6.66. The molecule has 2 N–H and O–H groups in total. The molecule has 19 heavy (non-hydrogen) atoms. The number of morpholine rings is 1. The first-order valence-electron chi connectivity index (χ1n) is 6.47. The maximum absolute atomic E-state index is 5.30. The first kappa shape index (κ1) is 13.7. The van der Waals surface area contributed by atoms with Gasteiger partial charge in [0.05, 0.1) is 19.4 Å². The van der Waals surface area contributed by atoms with Gasteiger partial charge in [0.25, 0.3) is 0 Å². The molecule has 7 heteroatoms. The van der Waals surface area contributed by atoms with Crippen molar-refractivity contribution in [2.45, 2.75) is 0 Å². The zero-order valence-corrected chi connectivity index (χ0v) is 11.0. The van der Waals surface area contributed by atoms with Crippen molar-refractivity contribution in [3.8, 4) is 0 Å². The quantitative estimate of drug-likeness (QED) is 0.682. The van der Waals surface area contributed by atoms with Crippen LogP contribution in [0.15, 0.2) is 18.9 Å². The van der Waals surface area contributed by atoms with E-state index in [-0.39, 0.29) is 0 Å². The van der Waals surface area contributed by atoms with Gasteiger partial charge in [-0.3, -0.25) is 4.90 Å². The van der Waals surface area contributed by atoms with Gasteiger partial charge in [0.1, 0.15) is 0 Å². The fourth-order valence-corrected chi connectivity index (χ4v) is 1.79. The van der Waals surface area contributed by atoms with Crippen molar-refractivity contribution < 1.29 is 4.74 Å². The second kappa shape index (κ2) is 7.65. The molecule has 7 nitrogen and oxygen atoms in total. The number of rotatable bonds is 7. The molecular weight excluding hydrogens is 244 g/mol. The van der Waals surface area contributed by atoms with Crippen LogP contribution in [0.1, 0.15) is 0 Å². The van der Waals surface area contributed by atoms with Gasteiger partial charge in [-0.2, -0.15) is 10.1 Å². The minimum absolute atomic E-state index is 0.544. The van der Waals surface area contributed by atoms with Gasteiger partial charge in [-0.1, -0.05) is 6.08 Å². The molecule has 1 aromatic heterocycles. The molecule has 1 aromatic rings. The van der Waals surface area contributed by atoms with E-state index in [2.05, 4.69) is 37.3 Å². The highest BCUT2D eigenvalue weighted by atomic mass is 16.5. The second-order valence-electron chi connectivity index (χ2n) is 4.22. The molecule has 2 heterocycles. The maximum Gasteiger partial charge on any atom is 0.244 e. The Labute approximate surface area is 113 Å². The Morgan fingerprint density at radius 3 is 3.00 bits per heavy atom. The van der Waals surface area contributed by atoms with Crippen LogP contribution in [0.25, 0.3) is 0 Å². The predicted molar refractivity (Wildman–Crippen MR) is 74.3 cm³/mol. The van der Waals surface area contributed by atoms with E-state index in [9.17, 15) is 0 Å². The van der Waals surface area contributed by atoms with Crippen LogP contribution in [0.5, 0.6) is 0 Å². The van der Waals surface area contributed by atoms with Crippen molar-refractivity contribution in [1.82, 2.24) is 20.1 Å². The number of nitrogens with one attached hydrogen (secondary N) is 2. The minimum atomic E-state index is 0.544. The monoisotopic (exact) mass is 264 g/mol. The third-order valence-electron chi connectivity index (χ3n) is 2.80. The highest BCUT2D eigenvalue weighted by Crippen LogP contribution is 2.03. The van der Waals surface area contributed by atoms with Crippen molar-refractivity contribution in [3.05, 3.63) is 18.9 Å². The molecule has 0 bridgehead atoms. The Kier molecular flexibility index (Phi) is 5.51. The number of anilines is 2. The molecule has 0 radical (unpaired) electrons. The molecule has 0 atom stereocenters. The average molecular weight is 264 g/mol. The Morgan fingerprint density at radius 2 is 2.21 bits per heavy atom. The molecule has 1 saturated heterocycles. The lowest BCUT2D eigenvalue weighted by Gasteiger charge is -2.26. The van der Waals surface area contributed by atoms with E-state index >= 15 is 0 Å². The molecule has 0 unspecified atom stereocenters. The fraction of sp³-hybridized carbons (Fsp3) is 0.583. The van der Waals surface area contributed by atoms with Crippen LogP contribution in [0.3, 0.4) is 0 Å². The van der Waals surface area contributed by atoms with Crippen molar-refractivity contribution in [1.29, 1.82) is 0 Å². The topological polar surface area (TPSA) is 75.2 Å². The molecule has 104 valence electrons. The van der Waals surface area contributed by atoms with Gasteiger partial charge in [-0.25, -0.2) is 0 Å². The summed E-state index contributed by atoms with van der Waals surface area (Å²) in [6.07, 6.45) is 3.37. The van der Waals surface area contributed by atoms with Crippen LogP contribution < -0.4 is 10.6 Å². The highest BCUT2D eigenvalue weighted by Gasteiger charge is 2.09. The van der Waals surface area contributed by atoms with Crippen LogP contribution in [0.2, 0.25) is 0 Å². The van der Waals surface area contributed by atoms with E-state index in [4.69, 9.17) is 4.74 Å². The lowest BCUT2D eigenvalue weighted by atomic mass is 10.4. The lowest BCUT2D eigenvalue weighted by molar-refractivity contribution is 0.0398. The van der Waals surface area contributed by atoms with Crippen molar-refractivity contribution in [2.24, 2.45) is 0 Å². The number of hydrogen-bond donors (Lipinski definition) is 2. The van der Waals surface area contributed by atoms with Gasteiger partial charge in [-0.15, -0.1) is 11.7 Å². The van der Waals surface area contributed by atoms with E-state index < -0.39 is 0 Å². The molecule has 2 rings (SSSR count). The average Bonchev–Trinajstić information content (AvgIpc) is 2.47. The molecule has 0 amide bonds. The second-order valence-corrected chi connectivity index (χ2v) is 4.22. The normalized spacial score (nSPS) is 16.0. The molecule has 1 aliphatic rings. The summed E-state index contributed by atoms with van der Waals surface area (Å²) >= 11 is 0. The number of hydrogen-bond acceptors (Lipinski definition) is 7. The van der Waals surface area contributed by atoms with Gasteiger partial charge >= 0.3 is 0 Å². The summed E-state index contributed by atoms with van der Waals surface area (Å²) in [5, 5.41) is 14.1. The SMILES string of the molecule is C=CCNc1cnnc(NCCN2CCOCC2)n1. The Hall–Kier alpha value is -1.73. The maximum atomic E-state index is 5.30. The van der Waals surface area contributed by atoms with Crippen LogP contribution in [-0.2, 0) is 4.74 Å². The Balaban J connectivity index is 1.73. The van der Waals surface area contributed by atoms with E-state index in [1.165, 1.54) is 0 Å². The van der Waals surface area contributed by atoms with Gasteiger partial charge < -0.3 is 15.4 Å². The molecule has 0 aromatic carbocycles. The van der Waals surface area contributed by atoms with Crippen LogP contribution >= 0.6 is 0 Å². The summed E-state index contributed by atoms with van der Waals surface area (Å²) in [6, 6.07) is 0. The van der Waals surface area contributed by atoms with Crippen LogP contribution in [0.4, 0.5) is 11.8 Å². The lowest BCUT2D eigenvalue weighted by Crippen LogP contribution is -2.39. The van der Waals surface area contributed by atoms with Crippen molar-refractivity contribution in [2.75, 3.05) is 56.6 Å². The van der Waals surface area contributed by atoms with Crippen LogP contribution in [-0.4, -0.2) is 66.0 Å². The molecule has 1 fully saturated rings. The summed E-state index contributed by atoms with van der Waals surface area (Å²) in [5.74, 6) is 1.24. The zero-order valence-electron chi connectivity index (χ0n) is 11.0. The molecule has 0 saturated carbocycles. The smallest absolute Gasteiger partial charge is 0.244 e. The minimum Gasteiger partial charge on any atom is -0.379 e. The van der Waals surface area contributed by atoms with E-state index in [0.717, 1.165) is 39.4 Å². The third-order valence-corrected chi connectivity index (χ3v) is 2.80. The number of nitrogens with zero attached hydrogens (tertiary/aromatic N) is 4. The van der Waals surface area contributed by atoms with Gasteiger partial charge in [-0.05, 0) is 0 Å². The predicted octanol–water partition coefficient (Wildman–Crippen LogP) is 0.214. The standard InChI is InChI=1S/C12H20N6O/c1-2-3-13-11-10-15-17-12(16-11)14-4-5-18-6-8-19-9-7-18/h2,10H,1,3-9H2,(H2,13,14,16,17). The van der Waals surface area contributed by atoms with E-state index in [0.29, 0.717) is 18.3 Å². The largest absolute Gasteiger partial charge is 0.379 e. The molecule has 0 aliphatic carbocycles. The summed E-state index contributed by atoms with van der Waals surface area (Å²) in [5.41, 5.74) is 0. The van der Waals surface area contributed by atoms with Gasteiger partial charge in [0, 0.05) is 32.7 Å². The highest BCUT2D eigenvalue weighted by molar-refractivity contribution is 5.37. The Bertz CT molecular complexity index is 394. The first-order valence-corrected chi connectivity index (χ1v) is 6.47. The zero-order chi connectivity index (χ0) is 13.3.